The fourth-order valence-electron chi connectivity index (χ4n) is 3.63. The topological polar surface area (TPSA) is 17.0 Å². The van der Waals surface area contributed by atoms with E-state index in [-0.39, 0.29) is 0 Å². The number of rotatable bonds is 5. The second-order valence-electron chi connectivity index (χ2n) is 5.88. The summed E-state index contributed by atoms with van der Waals surface area (Å²) in [5.41, 5.74) is 6.17. The molecule has 0 saturated heterocycles. The van der Waals surface area contributed by atoms with Crippen LogP contribution >= 0.6 is 0 Å². The SMILES string of the molecule is CCCCCc1c(CC)c2cccc3c2n1CCNC3. The normalized spacial score (nSPS) is 14.7. The molecule has 0 aliphatic carbocycles. The third-order valence-electron chi connectivity index (χ3n) is 4.59. The van der Waals surface area contributed by atoms with Gasteiger partial charge in [0.25, 0.3) is 0 Å². The summed E-state index contributed by atoms with van der Waals surface area (Å²) < 4.78 is 2.61. The van der Waals surface area contributed by atoms with Crippen molar-refractivity contribution >= 4 is 10.9 Å². The Bertz CT molecular complexity index is 595. The molecule has 2 heterocycles. The van der Waals surface area contributed by atoms with Gasteiger partial charge in [-0.05, 0) is 30.4 Å². The van der Waals surface area contributed by atoms with Crippen molar-refractivity contribution in [3.63, 3.8) is 0 Å². The van der Waals surface area contributed by atoms with Crippen molar-refractivity contribution < 1.29 is 0 Å². The van der Waals surface area contributed by atoms with Crippen LogP contribution < -0.4 is 5.32 Å². The van der Waals surface area contributed by atoms with E-state index in [0.29, 0.717) is 0 Å². The van der Waals surface area contributed by atoms with E-state index in [1.165, 1.54) is 42.1 Å². The zero-order valence-electron chi connectivity index (χ0n) is 12.8. The van der Waals surface area contributed by atoms with Crippen molar-refractivity contribution in [3.8, 4) is 0 Å². The highest BCUT2D eigenvalue weighted by molar-refractivity contribution is 5.88. The maximum atomic E-state index is 3.55. The number of benzene rings is 1. The summed E-state index contributed by atoms with van der Waals surface area (Å²) in [6.07, 6.45) is 6.36. The van der Waals surface area contributed by atoms with Gasteiger partial charge in [-0.3, -0.25) is 0 Å². The van der Waals surface area contributed by atoms with Crippen LogP contribution in [0.5, 0.6) is 0 Å². The Hall–Kier alpha value is -1.28. The van der Waals surface area contributed by atoms with Gasteiger partial charge >= 0.3 is 0 Å². The minimum absolute atomic E-state index is 1.01. The van der Waals surface area contributed by atoms with Gasteiger partial charge in [0.05, 0.1) is 5.52 Å². The average Bonchev–Trinajstić information content (AvgIpc) is 2.62. The molecular weight excluding hydrogens is 244 g/mol. The summed E-state index contributed by atoms with van der Waals surface area (Å²) in [5.74, 6) is 0. The fourth-order valence-corrected chi connectivity index (χ4v) is 3.63. The molecule has 2 heteroatoms. The minimum atomic E-state index is 1.01. The van der Waals surface area contributed by atoms with Gasteiger partial charge in [-0.2, -0.15) is 0 Å². The summed E-state index contributed by atoms with van der Waals surface area (Å²) in [7, 11) is 0. The van der Waals surface area contributed by atoms with Gasteiger partial charge in [0.15, 0.2) is 0 Å². The minimum Gasteiger partial charge on any atom is -0.343 e. The molecule has 1 aromatic heterocycles. The Balaban J connectivity index is 2.13. The molecule has 2 nitrogen and oxygen atoms in total. The van der Waals surface area contributed by atoms with Gasteiger partial charge in [0.2, 0.25) is 0 Å². The number of para-hydroxylation sites is 1. The molecule has 0 bridgehead atoms. The van der Waals surface area contributed by atoms with E-state index in [0.717, 1.165) is 26.1 Å². The van der Waals surface area contributed by atoms with Crippen LogP contribution in [0.25, 0.3) is 10.9 Å². The van der Waals surface area contributed by atoms with E-state index in [2.05, 4.69) is 41.9 Å². The van der Waals surface area contributed by atoms with E-state index in [1.807, 2.05) is 0 Å². The highest BCUT2D eigenvalue weighted by atomic mass is 15.0. The van der Waals surface area contributed by atoms with E-state index in [1.54, 1.807) is 11.3 Å². The Labute approximate surface area is 122 Å². The van der Waals surface area contributed by atoms with Gasteiger partial charge in [0.1, 0.15) is 0 Å². The molecule has 3 rings (SSSR count). The molecule has 0 amide bonds. The lowest BCUT2D eigenvalue weighted by atomic mass is 10.0. The molecule has 0 saturated carbocycles. The molecule has 0 unspecified atom stereocenters. The van der Waals surface area contributed by atoms with Crippen LogP contribution in [-0.4, -0.2) is 11.1 Å². The molecule has 0 atom stereocenters. The van der Waals surface area contributed by atoms with Crippen molar-refractivity contribution in [3.05, 3.63) is 35.0 Å². The second kappa shape index (κ2) is 6.01. The maximum Gasteiger partial charge on any atom is 0.0531 e. The summed E-state index contributed by atoms with van der Waals surface area (Å²) in [4.78, 5) is 0. The number of nitrogens with one attached hydrogen (secondary N) is 1. The van der Waals surface area contributed by atoms with Crippen LogP contribution in [0.1, 0.15) is 49.9 Å². The van der Waals surface area contributed by atoms with E-state index in [4.69, 9.17) is 0 Å². The molecule has 0 radical (unpaired) electrons. The highest BCUT2D eigenvalue weighted by Crippen LogP contribution is 2.31. The summed E-state index contributed by atoms with van der Waals surface area (Å²) in [6.45, 7) is 7.81. The fraction of sp³-hybridized carbons (Fsp3) is 0.556. The molecule has 1 N–H and O–H groups in total. The zero-order valence-corrected chi connectivity index (χ0v) is 12.8. The molecule has 20 heavy (non-hydrogen) atoms. The Morgan fingerprint density at radius 1 is 1.20 bits per heavy atom. The Kier molecular flexibility index (Phi) is 4.11. The number of aryl methyl sites for hydroxylation is 1. The van der Waals surface area contributed by atoms with Gasteiger partial charge < -0.3 is 9.88 Å². The zero-order chi connectivity index (χ0) is 13.9. The largest absolute Gasteiger partial charge is 0.343 e. The molecule has 0 fully saturated rings. The smallest absolute Gasteiger partial charge is 0.0531 e. The van der Waals surface area contributed by atoms with Crippen molar-refractivity contribution in [2.75, 3.05) is 6.54 Å². The van der Waals surface area contributed by atoms with E-state index < -0.39 is 0 Å². The molecule has 108 valence electrons. The van der Waals surface area contributed by atoms with E-state index in [9.17, 15) is 0 Å². The van der Waals surface area contributed by atoms with Crippen molar-refractivity contribution in [1.29, 1.82) is 0 Å². The lowest BCUT2D eigenvalue weighted by Gasteiger charge is -2.10. The predicted molar refractivity (Wildman–Crippen MR) is 86.3 cm³/mol. The maximum absolute atomic E-state index is 3.55. The number of unbranched alkanes of at least 4 members (excludes halogenated alkanes) is 2. The van der Waals surface area contributed by atoms with Crippen LogP contribution in [0.4, 0.5) is 0 Å². The van der Waals surface area contributed by atoms with Crippen molar-refractivity contribution in [2.24, 2.45) is 0 Å². The van der Waals surface area contributed by atoms with Gasteiger partial charge in [-0.25, -0.2) is 0 Å². The predicted octanol–water partition coefficient (Wildman–Crippen LogP) is 4.04. The number of nitrogens with zero attached hydrogens (tertiary/aromatic N) is 1. The first-order valence-corrected chi connectivity index (χ1v) is 8.19. The van der Waals surface area contributed by atoms with Crippen LogP contribution in [0.3, 0.4) is 0 Å². The number of hydrogen-bond donors (Lipinski definition) is 1. The quantitative estimate of drug-likeness (QED) is 0.811. The van der Waals surface area contributed by atoms with Gasteiger partial charge in [-0.1, -0.05) is 44.9 Å². The van der Waals surface area contributed by atoms with Gasteiger partial charge in [0, 0.05) is 30.7 Å². The lowest BCUT2D eigenvalue weighted by Crippen LogP contribution is -2.17. The third kappa shape index (κ3) is 2.26. The van der Waals surface area contributed by atoms with Crippen LogP contribution in [0, 0.1) is 0 Å². The lowest BCUT2D eigenvalue weighted by molar-refractivity contribution is 0.601. The van der Waals surface area contributed by atoms with Crippen LogP contribution in [0.2, 0.25) is 0 Å². The summed E-state index contributed by atoms with van der Waals surface area (Å²) in [5, 5.41) is 5.05. The van der Waals surface area contributed by atoms with Crippen LogP contribution in [-0.2, 0) is 25.9 Å². The number of aromatic nitrogens is 1. The summed E-state index contributed by atoms with van der Waals surface area (Å²) in [6, 6.07) is 6.83. The third-order valence-corrected chi connectivity index (χ3v) is 4.59. The van der Waals surface area contributed by atoms with Crippen LogP contribution in [0.15, 0.2) is 18.2 Å². The Morgan fingerprint density at radius 3 is 2.90 bits per heavy atom. The van der Waals surface area contributed by atoms with Gasteiger partial charge in [-0.15, -0.1) is 0 Å². The first kappa shape index (κ1) is 13.7. The first-order valence-electron chi connectivity index (χ1n) is 8.19. The first-order chi connectivity index (χ1) is 9.86. The molecule has 1 aliphatic heterocycles. The standard InChI is InChI=1S/C18H26N2/c1-3-5-6-10-17-15(4-2)16-9-7-8-14-13-19-11-12-20(17)18(14)16/h7-9,19H,3-6,10-13H2,1-2H3. The monoisotopic (exact) mass is 270 g/mol. The molecule has 1 aliphatic rings. The second-order valence-corrected chi connectivity index (χ2v) is 5.88. The Morgan fingerprint density at radius 2 is 2.10 bits per heavy atom. The molecule has 2 aromatic rings. The van der Waals surface area contributed by atoms with Crippen molar-refractivity contribution in [2.45, 2.75) is 59.0 Å². The number of hydrogen-bond acceptors (Lipinski definition) is 1. The van der Waals surface area contributed by atoms with Crippen molar-refractivity contribution in [1.82, 2.24) is 9.88 Å². The highest BCUT2D eigenvalue weighted by Gasteiger charge is 2.19. The average molecular weight is 270 g/mol. The molecule has 1 aromatic carbocycles. The molecular formula is C18H26N2. The summed E-state index contributed by atoms with van der Waals surface area (Å²) >= 11 is 0. The van der Waals surface area contributed by atoms with E-state index >= 15 is 0 Å². The molecule has 0 spiro atoms.